The highest BCUT2D eigenvalue weighted by Crippen LogP contribution is 2.29. The molecule has 10 heteroatoms. The zero-order chi connectivity index (χ0) is 25.5. The molecule has 184 valence electrons. The first-order chi connectivity index (χ1) is 17.4. The number of amides is 2. The lowest BCUT2D eigenvalue weighted by atomic mass is 10.2. The van der Waals surface area contributed by atoms with Gasteiger partial charge in [-0.15, -0.1) is 23.1 Å². The second-order valence-electron chi connectivity index (χ2n) is 7.43. The van der Waals surface area contributed by atoms with E-state index in [1.54, 1.807) is 53.9 Å². The minimum absolute atomic E-state index is 0.165. The van der Waals surface area contributed by atoms with Gasteiger partial charge in [0.1, 0.15) is 5.82 Å². The van der Waals surface area contributed by atoms with Crippen LogP contribution in [0, 0.1) is 5.82 Å². The monoisotopic (exact) mass is 523 g/mol. The van der Waals surface area contributed by atoms with E-state index in [0.717, 1.165) is 10.5 Å². The second kappa shape index (κ2) is 11.7. The fourth-order valence-corrected chi connectivity index (χ4v) is 4.72. The van der Waals surface area contributed by atoms with E-state index in [2.05, 4.69) is 15.6 Å². The van der Waals surface area contributed by atoms with Gasteiger partial charge in [0.05, 0.1) is 25.7 Å². The van der Waals surface area contributed by atoms with Crippen molar-refractivity contribution >= 4 is 45.7 Å². The molecule has 0 fully saturated rings. The summed E-state index contributed by atoms with van der Waals surface area (Å²) in [7, 11) is 3.04. The number of carbonyl (C=O) groups is 2. The van der Waals surface area contributed by atoms with E-state index < -0.39 is 0 Å². The standard InChI is InChI=1S/C26H22FN3O4S2/c1-33-22-11-8-17(12-23(22)34-2)25(32)28-19-4-3-5-20(13-19)35-15-24(31)30-26-29-21(14-36-26)16-6-9-18(27)10-7-16/h3-14H,15H2,1-2H3,(H,28,32)(H,29,30,31). The topological polar surface area (TPSA) is 89.5 Å². The van der Waals surface area contributed by atoms with Crippen molar-refractivity contribution in [1.82, 2.24) is 4.98 Å². The van der Waals surface area contributed by atoms with E-state index >= 15 is 0 Å². The fraction of sp³-hybridized carbons (Fsp3) is 0.115. The van der Waals surface area contributed by atoms with Gasteiger partial charge >= 0.3 is 0 Å². The summed E-state index contributed by atoms with van der Waals surface area (Å²) < 4.78 is 23.6. The van der Waals surface area contributed by atoms with Gasteiger partial charge in [-0.3, -0.25) is 9.59 Å². The molecular weight excluding hydrogens is 501 g/mol. The number of ether oxygens (including phenoxy) is 2. The van der Waals surface area contributed by atoms with Crippen molar-refractivity contribution < 1.29 is 23.5 Å². The second-order valence-corrected chi connectivity index (χ2v) is 9.34. The lowest BCUT2D eigenvalue weighted by molar-refractivity contribution is -0.113. The van der Waals surface area contributed by atoms with Crippen LogP contribution in [0.2, 0.25) is 0 Å². The number of nitrogens with zero attached hydrogens (tertiary/aromatic N) is 1. The minimum atomic E-state index is -0.316. The maximum atomic E-state index is 13.1. The molecule has 4 rings (SSSR count). The van der Waals surface area contributed by atoms with Gasteiger partial charge in [0.2, 0.25) is 5.91 Å². The van der Waals surface area contributed by atoms with Crippen LogP contribution in [0.1, 0.15) is 10.4 Å². The molecular formula is C26H22FN3O4S2. The Bertz CT molecular complexity index is 1380. The number of rotatable bonds is 9. The Balaban J connectivity index is 1.32. The van der Waals surface area contributed by atoms with Gasteiger partial charge in [-0.25, -0.2) is 9.37 Å². The Hall–Kier alpha value is -3.89. The number of methoxy groups -OCH3 is 2. The summed E-state index contributed by atoms with van der Waals surface area (Å²) >= 11 is 2.64. The first-order valence-corrected chi connectivity index (χ1v) is 12.6. The highest BCUT2D eigenvalue weighted by atomic mass is 32.2. The van der Waals surface area contributed by atoms with Gasteiger partial charge in [-0.1, -0.05) is 6.07 Å². The molecule has 2 amide bonds. The lowest BCUT2D eigenvalue weighted by Gasteiger charge is -2.10. The van der Waals surface area contributed by atoms with Crippen molar-refractivity contribution in [2.45, 2.75) is 4.90 Å². The Kier molecular flexibility index (Phi) is 8.19. The minimum Gasteiger partial charge on any atom is -0.493 e. The normalized spacial score (nSPS) is 10.5. The average Bonchev–Trinajstić information content (AvgIpc) is 3.36. The molecule has 1 heterocycles. The molecule has 0 unspecified atom stereocenters. The van der Waals surface area contributed by atoms with Crippen molar-refractivity contribution in [3.63, 3.8) is 0 Å². The number of nitrogens with one attached hydrogen (secondary N) is 2. The molecule has 0 radical (unpaired) electrons. The molecule has 0 aliphatic heterocycles. The molecule has 3 aromatic carbocycles. The molecule has 0 aliphatic carbocycles. The Morgan fingerprint density at radius 3 is 2.50 bits per heavy atom. The molecule has 0 saturated carbocycles. The quantitative estimate of drug-likeness (QED) is 0.264. The summed E-state index contributed by atoms with van der Waals surface area (Å²) in [5.41, 5.74) is 2.47. The van der Waals surface area contributed by atoms with Crippen molar-refractivity contribution in [3.05, 3.63) is 83.5 Å². The molecule has 0 atom stereocenters. The van der Waals surface area contributed by atoms with E-state index in [1.807, 2.05) is 6.07 Å². The van der Waals surface area contributed by atoms with Gasteiger partial charge in [0.15, 0.2) is 16.6 Å². The third-order valence-corrected chi connectivity index (χ3v) is 6.75. The van der Waals surface area contributed by atoms with Crippen molar-refractivity contribution in [1.29, 1.82) is 0 Å². The van der Waals surface area contributed by atoms with Crippen LogP contribution in [0.5, 0.6) is 11.5 Å². The first-order valence-electron chi connectivity index (χ1n) is 10.7. The first kappa shape index (κ1) is 25.2. The summed E-state index contributed by atoms with van der Waals surface area (Å²) in [4.78, 5) is 30.3. The smallest absolute Gasteiger partial charge is 0.255 e. The summed E-state index contributed by atoms with van der Waals surface area (Å²) in [6.07, 6.45) is 0. The maximum Gasteiger partial charge on any atom is 0.255 e. The lowest BCUT2D eigenvalue weighted by Crippen LogP contribution is -2.14. The number of halogens is 1. The van der Waals surface area contributed by atoms with Gasteiger partial charge < -0.3 is 20.1 Å². The Morgan fingerprint density at radius 1 is 0.972 bits per heavy atom. The highest BCUT2D eigenvalue weighted by Gasteiger charge is 2.12. The van der Waals surface area contributed by atoms with Gasteiger partial charge in [-0.2, -0.15) is 0 Å². The van der Waals surface area contributed by atoms with Crippen LogP contribution < -0.4 is 20.1 Å². The maximum absolute atomic E-state index is 13.1. The number of aromatic nitrogens is 1. The van der Waals surface area contributed by atoms with E-state index in [-0.39, 0.29) is 23.4 Å². The van der Waals surface area contributed by atoms with E-state index in [4.69, 9.17) is 9.47 Å². The molecule has 2 N–H and O–H groups in total. The Morgan fingerprint density at radius 2 is 1.75 bits per heavy atom. The zero-order valence-corrected chi connectivity index (χ0v) is 21.0. The molecule has 36 heavy (non-hydrogen) atoms. The summed E-state index contributed by atoms with van der Waals surface area (Å²) in [5.74, 6) is 0.347. The number of hydrogen-bond donors (Lipinski definition) is 2. The van der Waals surface area contributed by atoms with Crippen LogP contribution in [-0.2, 0) is 4.79 Å². The molecule has 7 nitrogen and oxygen atoms in total. The summed E-state index contributed by atoms with van der Waals surface area (Å²) in [6.45, 7) is 0. The van der Waals surface area contributed by atoms with E-state index in [0.29, 0.717) is 33.6 Å². The van der Waals surface area contributed by atoms with Crippen molar-refractivity contribution in [2.24, 2.45) is 0 Å². The third kappa shape index (κ3) is 6.41. The van der Waals surface area contributed by atoms with Gasteiger partial charge in [0, 0.05) is 27.1 Å². The van der Waals surface area contributed by atoms with Crippen LogP contribution in [0.4, 0.5) is 15.2 Å². The number of thioether (sulfide) groups is 1. The predicted octanol–water partition coefficient (Wildman–Crippen LogP) is 5.95. The molecule has 0 spiro atoms. The fourth-order valence-electron chi connectivity index (χ4n) is 3.23. The zero-order valence-electron chi connectivity index (χ0n) is 19.4. The number of carbonyl (C=O) groups excluding carboxylic acids is 2. The largest absolute Gasteiger partial charge is 0.493 e. The Labute approximate surface area is 215 Å². The van der Waals surface area contributed by atoms with Crippen LogP contribution >= 0.6 is 23.1 Å². The molecule has 0 aliphatic rings. The van der Waals surface area contributed by atoms with Gasteiger partial charge in [-0.05, 0) is 60.7 Å². The summed E-state index contributed by atoms with van der Waals surface area (Å²) in [5, 5.41) is 7.91. The van der Waals surface area contributed by atoms with E-state index in [9.17, 15) is 14.0 Å². The molecule has 4 aromatic rings. The number of thiazole rings is 1. The highest BCUT2D eigenvalue weighted by molar-refractivity contribution is 8.00. The summed E-state index contributed by atoms with van der Waals surface area (Å²) in [6, 6.07) is 18.2. The van der Waals surface area contributed by atoms with Crippen LogP contribution in [0.25, 0.3) is 11.3 Å². The third-order valence-electron chi connectivity index (χ3n) is 5.00. The molecule has 1 aromatic heterocycles. The van der Waals surface area contributed by atoms with E-state index in [1.165, 1.54) is 49.5 Å². The van der Waals surface area contributed by atoms with Crippen molar-refractivity contribution in [2.75, 3.05) is 30.6 Å². The molecule has 0 bridgehead atoms. The SMILES string of the molecule is COc1ccc(C(=O)Nc2cccc(SCC(=O)Nc3nc(-c4ccc(F)cc4)cs3)c2)cc1OC. The predicted molar refractivity (Wildman–Crippen MR) is 141 cm³/mol. The van der Waals surface area contributed by atoms with Crippen LogP contribution in [-0.4, -0.2) is 36.8 Å². The number of benzene rings is 3. The van der Waals surface area contributed by atoms with Gasteiger partial charge in [0.25, 0.3) is 5.91 Å². The van der Waals surface area contributed by atoms with Crippen molar-refractivity contribution in [3.8, 4) is 22.8 Å². The van der Waals surface area contributed by atoms with Crippen LogP contribution in [0.3, 0.4) is 0 Å². The van der Waals surface area contributed by atoms with Crippen LogP contribution in [0.15, 0.2) is 77.0 Å². The average molecular weight is 524 g/mol. The number of anilines is 2. The molecule has 0 saturated heterocycles. The number of hydrogen-bond acceptors (Lipinski definition) is 7.